The minimum Gasteiger partial charge on any atom is -0.477 e. The van der Waals surface area contributed by atoms with E-state index in [2.05, 4.69) is 31.9 Å². The van der Waals surface area contributed by atoms with E-state index in [1.165, 1.54) is 54.2 Å². The van der Waals surface area contributed by atoms with Crippen molar-refractivity contribution < 1.29 is 98.2 Å². The number of carboxylic acid groups (broad SMARTS) is 2. The molecule has 0 aromatic heterocycles. The van der Waals surface area contributed by atoms with Gasteiger partial charge < -0.3 is 91.7 Å². The molecule has 3 fully saturated rings. The second-order valence-electron chi connectivity index (χ2n) is 23.4. The third kappa shape index (κ3) is 21.0. The molecule has 3 aliphatic rings. The molecule has 1 aliphatic carbocycles. The molecular formula is C66H86N6O20S2. The van der Waals surface area contributed by atoms with Gasteiger partial charge in [-0.2, -0.15) is 23.5 Å². The Morgan fingerprint density at radius 2 is 0.883 bits per heavy atom. The third-order valence-corrected chi connectivity index (χ3v) is 18.6. The van der Waals surface area contributed by atoms with E-state index in [1.54, 1.807) is 36.4 Å². The highest BCUT2D eigenvalue weighted by Crippen LogP contribution is 2.37. The first-order valence-corrected chi connectivity index (χ1v) is 33.7. The van der Waals surface area contributed by atoms with Crippen molar-refractivity contribution in [3.8, 4) is 11.1 Å². The number of thioether (sulfide) groups is 2. The standard InChI is InChI=1S/C66H86N6O20S2/c1-39(73)71-53-49(75)35-65(63(85)86,91-57(53)55(79)51(77)37-69-61(83)47-19-15-43(16-20-47)41-11-5-3-6-12-41)89-29-9-31-93-33-27-67-59(81)45-23-25-46(26-24-45)60(82)68-28-34-94-32-10-30-90-66(64(87)88)36-50(76)54(72-40(2)74)58(92-66)56(80)52(78)38-70-62(84)48-21-17-44(18-22-48)42-13-7-4-8-14-42/h3,5-6,11-12,15-26,42,49-58,75-80H,4,7-10,13-14,27-38H2,1-2H3,(H,67,81)(H,68,82)(H,69,83)(H,70,84)(H,71,73)(H,72,74)(H,85,86)(H,87,88)/t49-,50-,51+,52+,53+,54?,55+,56+,57+,58+,65+,66+/m0/s1. The maximum absolute atomic E-state index is 13.0. The Morgan fingerprint density at radius 1 is 0.511 bits per heavy atom. The highest BCUT2D eigenvalue weighted by atomic mass is 32.2. The number of ether oxygens (including phenoxy) is 4. The summed E-state index contributed by atoms with van der Waals surface area (Å²) in [5, 5.41) is 103. The molecule has 512 valence electrons. The second kappa shape index (κ2) is 36.2. The number of carbonyl (C=O) groups is 8. The van der Waals surface area contributed by atoms with Gasteiger partial charge in [-0.3, -0.25) is 28.8 Å². The molecule has 94 heavy (non-hydrogen) atoms. The van der Waals surface area contributed by atoms with Gasteiger partial charge in [0.2, 0.25) is 11.8 Å². The Balaban J connectivity index is 0.771. The van der Waals surface area contributed by atoms with Crippen molar-refractivity contribution >= 4 is 70.9 Å². The van der Waals surface area contributed by atoms with E-state index in [-0.39, 0.29) is 37.8 Å². The number of carboxylic acids is 2. The van der Waals surface area contributed by atoms with Gasteiger partial charge >= 0.3 is 11.9 Å². The minimum atomic E-state index is -2.49. The fourth-order valence-electron chi connectivity index (χ4n) is 11.4. The summed E-state index contributed by atoms with van der Waals surface area (Å²) in [5.74, 6) is -9.08. The zero-order chi connectivity index (χ0) is 68.0. The lowest BCUT2D eigenvalue weighted by molar-refractivity contribution is -0.310. The lowest BCUT2D eigenvalue weighted by Gasteiger charge is -2.46. The van der Waals surface area contributed by atoms with Crippen LogP contribution < -0.4 is 31.9 Å². The van der Waals surface area contributed by atoms with E-state index in [1.807, 2.05) is 42.5 Å². The molecule has 1 saturated carbocycles. The number of nitrogens with one attached hydrogen (secondary N) is 6. The molecule has 2 aliphatic heterocycles. The molecule has 12 atom stereocenters. The van der Waals surface area contributed by atoms with Gasteiger partial charge in [0.05, 0.1) is 49.7 Å². The molecule has 4 aromatic carbocycles. The molecule has 14 N–H and O–H groups in total. The molecule has 0 bridgehead atoms. The van der Waals surface area contributed by atoms with Gasteiger partial charge in [0.1, 0.15) is 24.4 Å². The summed E-state index contributed by atoms with van der Waals surface area (Å²) < 4.78 is 23.2. The SMILES string of the molecule is CC(=O)NC1[C@H]([C@H](O)[C@H](O)CNC(=O)c2ccc(C3CCCCC3)cc2)O[C@@](OCCCSCCNC(=O)c2ccc(C(=O)NCCSCCCO[C@]3(C(=O)O)C[C@H](O)[C@@H](NC(C)=O)[C@H]([C@H](O)[C@H](O)CNC(=O)c4ccc(-c5ccccc5)cc4)O3)cc2)(C(=O)O)C[C@@H]1O. The van der Waals surface area contributed by atoms with Crippen LogP contribution in [0.5, 0.6) is 0 Å². The number of aliphatic carboxylic acids is 2. The summed E-state index contributed by atoms with van der Waals surface area (Å²) in [6.45, 7) is 1.48. The summed E-state index contributed by atoms with van der Waals surface area (Å²) in [6, 6.07) is 26.7. The van der Waals surface area contributed by atoms with Crippen LogP contribution in [0.25, 0.3) is 11.1 Å². The maximum Gasteiger partial charge on any atom is 0.364 e. The van der Waals surface area contributed by atoms with Gasteiger partial charge in [-0.1, -0.05) is 73.9 Å². The van der Waals surface area contributed by atoms with Gasteiger partial charge in [-0.05, 0) is 108 Å². The van der Waals surface area contributed by atoms with Crippen LogP contribution in [0.3, 0.4) is 0 Å². The summed E-state index contributed by atoms with van der Waals surface area (Å²) in [7, 11) is 0. The molecule has 0 radical (unpaired) electrons. The van der Waals surface area contributed by atoms with E-state index in [0.717, 1.165) is 56.2 Å². The number of hydrogen-bond acceptors (Lipinski definition) is 20. The highest BCUT2D eigenvalue weighted by molar-refractivity contribution is 7.99. The number of aliphatic hydroxyl groups excluding tert-OH is 6. The predicted octanol–water partition coefficient (Wildman–Crippen LogP) is 2.32. The largest absolute Gasteiger partial charge is 0.477 e. The number of hydrogen-bond donors (Lipinski definition) is 14. The zero-order valence-electron chi connectivity index (χ0n) is 52.4. The number of rotatable bonds is 34. The van der Waals surface area contributed by atoms with Crippen LogP contribution in [0.2, 0.25) is 0 Å². The minimum absolute atomic E-state index is 0.174. The van der Waals surface area contributed by atoms with Crippen LogP contribution in [0.4, 0.5) is 0 Å². The van der Waals surface area contributed by atoms with Gasteiger partial charge in [-0.15, -0.1) is 0 Å². The fraction of sp³-hybridized carbons (Fsp3) is 0.515. The maximum atomic E-state index is 13.0. The van der Waals surface area contributed by atoms with Crippen LogP contribution in [-0.4, -0.2) is 223 Å². The van der Waals surface area contributed by atoms with Gasteiger partial charge in [0, 0.05) is 86.6 Å². The van der Waals surface area contributed by atoms with E-state index in [4.69, 9.17) is 18.9 Å². The molecular weight excluding hydrogens is 1260 g/mol. The van der Waals surface area contributed by atoms with E-state index < -0.39 is 140 Å². The number of amides is 6. The molecule has 28 heteroatoms. The van der Waals surface area contributed by atoms with Crippen molar-refractivity contribution in [3.05, 3.63) is 131 Å². The molecule has 7 rings (SSSR count). The first-order chi connectivity index (χ1) is 45.0. The number of carbonyl (C=O) groups excluding carboxylic acids is 6. The van der Waals surface area contributed by atoms with Crippen LogP contribution in [-0.2, 0) is 38.1 Å². The van der Waals surface area contributed by atoms with Crippen LogP contribution in [0, 0.1) is 0 Å². The molecule has 1 unspecified atom stereocenters. The Hall–Kier alpha value is -7.06. The van der Waals surface area contributed by atoms with Crippen molar-refractivity contribution in [2.24, 2.45) is 0 Å². The van der Waals surface area contributed by atoms with Gasteiger partial charge in [-0.25, -0.2) is 9.59 Å². The fourth-order valence-corrected chi connectivity index (χ4v) is 13.0. The first kappa shape index (κ1) is 74.3. The Labute approximate surface area is 553 Å². The molecule has 2 saturated heterocycles. The number of benzene rings is 4. The molecule has 0 spiro atoms. The third-order valence-electron chi connectivity index (χ3n) is 16.5. The van der Waals surface area contributed by atoms with Crippen molar-refractivity contribution in [3.63, 3.8) is 0 Å². The average Bonchev–Trinajstić information content (AvgIpc) is 0.791. The number of aliphatic hydroxyl groups is 6. The quantitative estimate of drug-likeness (QED) is 0.0298. The zero-order valence-corrected chi connectivity index (χ0v) is 54.0. The Kier molecular flexibility index (Phi) is 28.6. The van der Waals surface area contributed by atoms with E-state index in [0.29, 0.717) is 58.5 Å². The second-order valence-corrected chi connectivity index (χ2v) is 25.9. The molecule has 2 heterocycles. The summed E-state index contributed by atoms with van der Waals surface area (Å²) in [5.41, 5.74) is 4.17. The van der Waals surface area contributed by atoms with E-state index >= 15 is 0 Å². The monoisotopic (exact) mass is 1350 g/mol. The Bertz CT molecular complexity index is 3150. The van der Waals surface area contributed by atoms with Gasteiger partial charge in [0.15, 0.2) is 0 Å². The van der Waals surface area contributed by atoms with Crippen LogP contribution >= 0.6 is 23.5 Å². The van der Waals surface area contributed by atoms with Crippen molar-refractivity contribution in [1.82, 2.24) is 31.9 Å². The highest BCUT2D eigenvalue weighted by Gasteiger charge is 2.57. The normalized spacial score (nSPS) is 23.5. The Morgan fingerprint density at radius 3 is 1.28 bits per heavy atom. The average molecular weight is 1350 g/mol. The van der Waals surface area contributed by atoms with E-state index in [9.17, 15) is 79.2 Å². The molecule has 6 amide bonds. The molecule has 4 aromatic rings. The summed E-state index contributed by atoms with van der Waals surface area (Å²) in [6.07, 6.45) is -8.88. The predicted molar refractivity (Wildman–Crippen MR) is 347 cm³/mol. The van der Waals surface area contributed by atoms with Gasteiger partial charge in [0.25, 0.3) is 35.2 Å². The van der Waals surface area contributed by atoms with Crippen molar-refractivity contribution in [2.75, 3.05) is 62.4 Å². The van der Waals surface area contributed by atoms with Crippen molar-refractivity contribution in [2.45, 2.75) is 150 Å². The lowest BCUT2D eigenvalue weighted by atomic mass is 9.84. The topological polar surface area (TPSA) is 408 Å². The van der Waals surface area contributed by atoms with Crippen LogP contribution in [0.15, 0.2) is 103 Å². The molecule has 26 nitrogen and oxygen atoms in total. The smallest absolute Gasteiger partial charge is 0.364 e. The summed E-state index contributed by atoms with van der Waals surface area (Å²) >= 11 is 2.85. The van der Waals surface area contributed by atoms with Crippen molar-refractivity contribution in [1.29, 1.82) is 0 Å². The van der Waals surface area contributed by atoms with Crippen LogP contribution in [0.1, 0.15) is 125 Å². The lowest BCUT2D eigenvalue weighted by Crippen LogP contribution is -2.68. The first-order valence-electron chi connectivity index (χ1n) is 31.4. The summed E-state index contributed by atoms with van der Waals surface area (Å²) in [4.78, 5) is 102.